The Balaban J connectivity index is 2.29. The zero-order valence-corrected chi connectivity index (χ0v) is 10.3. The number of ether oxygens (including phenoxy) is 1. The summed E-state index contributed by atoms with van der Waals surface area (Å²) in [5, 5.41) is 3.54. The molecular formula is C12H25NO. The Morgan fingerprint density at radius 2 is 1.86 bits per heavy atom. The fraction of sp³-hybridized carbons (Fsp3) is 1.00. The van der Waals surface area contributed by atoms with Gasteiger partial charge in [-0.3, -0.25) is 0 Å². The molecule has 84 valence electrons. The monoisotopic (exact) mass is 199 g/mol. The van der Waals surface area contributed by atoms with Crippen molar-refractivity contribution >= 4 is 0 Å². The van der Waals surface area contributed by atoms with Crippen LogP contribution in [0.25, 0.3) is 0 Å². The van der Waals surface area contributed by atoms with Crippen LogP contribution >= 0.6 is 0 Å². The fourth-order valence-electron chi connectivity index (χ4n) is 1.44. The van der Waals surface area contributed by atoms with Gasteiger partial charge in [-0.25, -0.2) is 0 Å². The van der Waals surface area contributed by atoms with E-state index in [9.17, 15) is 0 Å². The molecule has 14 heavy (non-hydrogen) atoms. The van der Waals surface area contributed by atoms with Crippen LogP contribution in [0, 0.1) is 5.92 Å². The Bertz CT molecular complexity index is 168. The second-order valence-corrected chi connectivity index (χ2v) is 5.70. The first-order chi connectivity index (χ1) is 6.38. The predicted octanol–water partition coefficient (Wildman–Crippen LogP) is 2.58. The van der Waals surface area contributed by atoms with Crippen LogP contribution in [0.15, 0.2) is 0 Å². The van der Waals surface area contributed by atoms with Crippen molar-refractivity contribution in [1.29, 1.82) is 0 Å². The Hall–Kier alpha value is -0.0800. The summed E-state index contributed by atoms with van der Waals surface area (Å²) in [5.74, 6) is 0.584. The fourth-order valence-corrected chi connectivity index (χ4v) is 1.44. The SMILES string of the molecule is CC(C)C(CNC1CC1)OC(C)(C)C. The van der Waals surface area contributed by atoms with E-state index in [2.05, 4.69) is 39.9 Å². The first kappa shape index (κ1) is 12.0. The molecule has 0 spiro atoms. The van der Waals surface area contributed by atoms with Crippen molar-refractivity contribution in [3.63, 3.8) is 0 Å². The molecule has 0 aromatic rings. The van der Waals surface area contributed by atoms with Gasteiger partial charge in [0.05, 0.1) is 11.7 Å². The standard InChI is InChI=1S/C12H25NO/c1-9(2)11(14-12(3,4)5)8-13-10-6-7-10/h9-11,13H,6-8H2,1-5H3. The second-order valence-electron chi connectivity index (χ2n) is 5.70. The normalized spacial score (nSPS) is 20.1. The number of hydrogen-bond donors (Lipinski definition) is 1. The van der Waals surface area contributed by atoms with E-state index in [0.717, 1.165) is 12.6 Å². The molecule has 1 fully saturated rings. The molecule has 0 saturated heterocycles. The molecule has 1 saturated carbocycles. The third kappa shape index (κ3) is 4.97. The summed E-state index contributed by atoms with van der Waals surface area (Å²) in [6, 6.07) is 0.778. The van der Waals surface area contributed by atoms with Crippen molar-refractivity contribution < 1.29 is 4.74 Å². The first-order valence-corrected chi connectivity index (χ1v) is 5.79. The maximum atomic E-state index is 6.01. The lowest BCUT2D eigenvalue weighted by atomic mass is 10.1. The lowest BCUT2D eigenvalue weighted by Crippen LogP contribution is -2.39. The molecule has 1 unspecified atom stereocenters. The van der Waals surface area contributed by atoms with Crippen molar-refractivity contribution in [3.8, 4) is 0 Å². The van der Waals surface area contributed by atoms with Gasteiger partial charge in [-0.2, -0.15) is 0 Å². The van der Waals surface area contributed by atoms with E-state index in [1.54, 1.807) is 0 Å². The van der Waals surface area contributed by atoms with E-state index in [1.807, 2.05) is 0 Å². The Morgan fingerprint density at radius 1 is 1.29 bits per heavy atom. The molecule has 0 bridgehead atoms. The van der Waals surface area contributed by atoms with E-state index in [0.29, 0.717) is 12.0 Å². The maximum Gasteiger partial charge on any atom is 0.0729 e. The minimum Gasteiger partial charge on any atom is -0.371 e. The summed E-state index contributed by atoms with van der Waals surface area (Å²) in [5.41, 5.74) is -0.0276. The van der Waals surface area contributed by atoms with Crippen molar-refractivity contribution in [2.45, 2.75) is 65.2 Å². The minimum atomic E-state index is -0.0276. The summed E-state index contributed by atoms with van der Waals surface area (Å²) >= 11 is 0. The molecule has 0 amide bonds. The van der Waals surface area contributed by atoms with Crippen molar-refractivity contribution in [2.24, 2.45) is 5.92 Å². The highest BCUT2D eigenvalue weighted by Gasteiger charge is 2.25. The number of hydrogen-bond acceptors (Lipinski definition) is 2. The van der Waals surface area contributed by atoms with Gasteiger partial charge in [0.2, 0.25) is 0 Å². The van der Waals surface area contributed by atoms with Gasteiger partial charge >= 0.3 is 0 Å². The summed E-state index contributed by atoms with van der Waals surface area (Å²) in [6.45, 7) is 11.8. The van der Waals surface area contributed by atoms with E-state index >= 15 is 0 Å². The Kier molecular flexibility index (Phi) is 3.96. The average Bonchev–Trinajstić information content (AvgIpc) is 2.78. The van der Waals surface area contributed by atoms with Crippen molar-refractivity contribution in [2.75, 3.05) is 6.54 Å². The highest BCUT2D eigenvalue weighted by atomic mass is 16.5. The lowest BCUT2D eigenvalue weighted by Gasteiger charge is -2.30. The van der Waals surface area contributed by atoms with Crippen molar-refractivity contribution in [3.05, 3.63) is 0 Å². The van der Waals surface area contributed by atoms with E-state index in [1.165, 1.54) is 12.8 Å². The van der Waals surface area contributed by atoms with Crippen LogP contribution in [0.3, 0.4) is 0 Å². The highest BCUT2D eigenvalue weighted by Crippen LogP contribution is 2.21. The zero-order valence-electron chi connectivity index (χ0n) is 10.3. The van der Waals surface area contributed by atoms with Gasteiger partial charge in [0.1, 0.15) is 0 Å². The topological polar surface area (TPSA) is 21.3 Å². The van der Waals surface area contributed by atoms with Crippen LogP contribution in [0.1, 0.15) is 47.5 Å². The molecule has 0 aromatic carbocycles. The summed E-state index contributed by atoms with van der Waals surface area (Å²) < 4.78 is 6.01. The molecule has 2 nitrogen and oxygen atoms in total. The number of rotatable bonds is 5. The zero-order chi connectivity index (χ0) is 10.8. The molecule has 1 N–H and O–H groups in total. The van der Waals surface area contributed by atoms with E-state index in [4.69, 9.17) is 4.74 Å². The van der Waals surface area contributed by atoms with Gasteiger partial charge in [0.25, 0.3) is 0 Å². The minimum absolute atomic E-state index is 0.0276. The molecule has 0 heterocycles. The smallest absolute Gasteiger partial charge is 0.0729 e. The second kappa shape index (κ2) is 4.63. The highest BCUT2D eigenvalue weighted by molar-refractivity contribution is 4.83. The molecule has 0 radical (unpaired) electrons. The van der Waals surface area contributed by atoms with Crippen LogP contribution in [-0.2, 0) is 4.74 Å². The van der Waals surface area contributed by atoms with Gasteiger partial charge in [-0.1, -0.05) is 13.8 Å². The molecular weight excluding hydrogens is 174 g/mol. The third-order valence-corrected chi connectivity index (χ3v) is 2.43. The summed E-state index contributed by atoms with van der Waals surface area (Å²) in [7, 11) is 0. The Labute approximate surface area is 88.4 Å². The van der Waals surface area contributed by atoms with Crippen LogP contribution < -0.4 is 5.32 Å². The van der Waals surface area contributed by atoms with Gasteiger partial charge in [-0.15, -0.1) is 0 Å². The van der Waals surface area contributed by atoms with Crippen molar-refractivity contribution in [1.82, 2.24) is 5.32 Å². The molecule has 1 aliphatic rings. The summed E-state index contributed by atoms with van der Waals surface area (Å²) in [4.78, 5) is 0. The van der Waals surface area contributed by atoms with E-state index < -0.39 is 0 Å². The molecule has 0 aromatic heterocycles. The molecule has 1 aliphatic carbocycles. The molecule has 2 heteroatoms. The Morgan fingerprint density at radius 3 is 2.21 bits per heavy atom. The van der Waals surface area contributed by atoms with Gasteiger partial charge in [-0.05, 0) is 39.5 Å². The van der Waals surface area contributed by atoms with E-state index in [-0.39, 0.29) is 5.60 Å². The quantitative estimate of drug-likeness (QED) is 0.735. The molecule has 1 atom stereocenters. The van der Waals surface area contributed by atoms with Gasteiger partial charge in [0, 0.05) is 12.6 Å². The van der Waals surface area contributed by atoms with Crippen LogP contribution in [-0.4, -0.2) is 24.3 Å². The largest absolute Gasteiger partial charge is 0.371 e. The lowest BCUT2D eigenvalue weighted by molar-refractivity contribution is -0.0776. The molecule has 1 rings (SSSR count). The predicted molar refractivity (Wildman–Crippen MR) is 60.5 cm³/mol. The van der Waals surface area contributed by atoms with Gasteiger partial charge < -0.3 is 10.1 Å². The van der Waals surface area contributed by atoms with Gasteiger partial charge in [0.15, 0.2) is 0 Å². The average molecular weight is 199 g/mol. The van der Waals surface area contributed by atoms with Crippen LogP contribution in [0.5, 0.6) is 0 Å². The van der Waals surface area contributed by atoms with Crippen LogP contribution in [0.4, 0.5) is 0 Å². The maximum absolute atomic E-state index is 6.01. The number of nitrogens with one attached hydrogen (secondary N) is 1. The van der Waals surface area contributed by atoms with Crippen LogP contribution in [0.2, 0.25) is 0 Å². The first-order valence-electron chi connectivity index (χ1n) is 5.79. The summed E-state index contributed by atoms with van der Waals surface area (Å²) in [6.07, 6.45) is 3.04. The molecule has 0 aliphatic heterocycles. The third-order valence-electron chi connectivity index (χ3n) is 2.43.